The van der Waals surface area contributed by atoms with Crippen LogP contribution in [0.25, 0.3) is 32.7 Å². The SMILES string of the molecule is Oc1c(P(c2ccccc2)c2ccccc2)cc2ccccc2c1-c1c(O)c(P(c2ccccc2)c2ccccc2)cc2ccccc12. The van der Waals surface area contributed by atoms with Crippen LogP contribution in [0.15, 0.2) is 182 Å². The topological polar surface area (TPSA) is 40.5 Å². The van der Waals surface area contributed by atoms with Crippen LogP contribution in [0.5, 0.6) is 11.5 Å². The van der Waals surface area contributed by atoms with Gasteiger partial charge in [0.25, 0.3) is 0 Å². The fourth-order valence-corrected chi connectivity index (χ4v) is 11.4. The Labute approximate surface area is 283 Å². The zero-order chi connectivity index (χ0) is 32.5. The van der Waals surface area contributed by atoms with Crippen LogP contribution in [0, 0.1) is 0 Å². The number of phenols is 2. The van der Waals surface area contributed by atoms with E-state index < -0.39 is 15.8 Å². The molecular formula is C44H32O2P2. The molecule has 0 amide bonds. The van der Waals surface area contributed by atoms with Crippen molar-refractivity contribution in [2.24, 2.45) is 0 Å². The van der Waals surface area contributed by atoms with Gasteiger partial charge in [-0.05, 0) is 70.7 Å². The third kappa shape index (κ3) is 5.44. The molecule has 230 valence electrons. The predicted molar refractivity (Wildman–Crippen MR) is 208 cm³/mol. The number of benzene rings is 8. The smallest absolute Gasteiger partial charge is 0.132 e. The zero-order valence-electron chi connectivity index (χ0n) is 26.1. The molecule has 0 saturated heterocycles. The van der Waals surface area contributed by atoms with Crippen molar-refractivity contribution in [3.8, 4) is 22.6 Å². The lowest BCUT2D eigenvalue weighted by Gasteiger charge is -2.26. The van der Waals surface area contributed by atoms with Crippen molar-refractivity contribution in [2.45, 2.75) is 0 Å². The van der Waals surface area contributed by atoms with Gasteiger partial charge in [0.15, 0.2) is 0 Å². The van der Waals surface area contributed by atoms with E-state index in [4.69, 9.17) is 0 Å². The molecule has 0 atom stereocenters. The van der Waals surface area contributed by atoms with E-state index in [1.165, 1.54) is 0 Å². The highest BCUT2D eigenvalue weighted by Crippen LogP contribution is 2.50. The third-order valence-electron chi connectivity index (χ3n) is 8.79. The molecule has 0 radical (unpaired) electrons. The predicted octanol–water partition coefficient (Wildman–Crippen LogP) is 8.59. The van der Waals surface area contributed by atoms with Crippen LogP contribution in [0.3, 0.4) is 0 Å². The van der Waals surface area contributed by atoms with Gasteiger partial charge in [-0.2, -0.15) is 0 Å². The Kier molecular flexibility index (Phi) is 8.21. The standard InChI is InChI=1S/C44H32O2P2/c45-43-39(47(33-19-5-1-6-20-33)34-21-7-2-8-22-34)29-31-17-13-15-27-37(31)41(43)42-38-28-16-14-18-32(38)30-40(44(42)46)48(35-23-9-3-10-24-35)36-25-11-4-12-26-36/h1-30,45-46H. The lowest BCUT2D eigenvalue weighted by molar-refractivity contribution is 0.475. The molecule has 8 rings (SSSR count). The van der Waals surface area contributed by atoms with E-state index in [1.54, 1.807) is 0 Å². The fraction of sp³-hybridized carbons (Fsp3) is 0. The minimum atomic E-state index is -1.12. The highest BCUT2D eigenvalue weighted by atomic mass is 31.1. The van der Waals surface area contributed by atoms with Crippen LogP contribution in [-0.2, 0) is 0 Å². The van der Waals surface area contributed by atoms with Crippen molar-refractivity contribution >= 4 is 69.2 Å². The van der Waals surface area contributed by atoms with E-state index in [1.807, 2.05) is 48.5 Å². The third-order valence-corrected chi connectivity index (χ3v) is 13.7. The summed E-state index contributed by atoms with van der Waals surface area (Å²) in [6.07, 6.45) is 0. The van der Waals surface area contributed by atoms with Gasteiger partial charge >= 0.3 is 0 Å². The van der Waals surface area contributed by atoms with Crippen molar-refractivity contribution in [1.82, 2.24) is 0 Å². The molecule has 0 bridgehead atoms. The molecule has 2 N–H and O–H groups in total. The number of fused-ring (bicyclic) bond motifs is 2. The Morgan fingerprint density at radius 1 is 0.312 bits per heavy atom. The maximum atomic E-state index is 12.7. The Bertz CT molecular complexity index is 2110. The highest BCUT2D eigenvalue weighted by molar-refractivity contribution is 7.80. The minimum absolute atomic E-state index is 0.203. The molecule has 8 aromatic carbocycles. The van der Waals surface area contributed by atoms with E-state index in [2.05, 4.69) is 133 Å². The van der Waals surface area contributed by atoms with Gasteiger partial charge in [0.1, 0.15) is 11.5 Å². The van der Waals surface area contributed by atoms with Gasteiger partial charge in [-0.1, -0.05) is 170 Å². The van der Waals surface area contributed by atoms with Crippen molar-refractivity contribution in [3.63, 3.8) is 0 Å². The van der Waals surface area contributed by atoms with Crippen molar-refractivity contribution in [3.05, 3.63) is 182 Å². The Morgan fingerprint density at radius 3 is 0.896 bits per heavy atom. The van der Waals surface area contributed by atoms with Gasteiger partial charge < -0.3 is 10.2 Å². The second kappa shape index (κ2) is 13.1. The maximum absolute atomic E-state index is 12.7. The lowest BCUT2D eigenvalue weighted by Crippen LogP contribution is -2.22. The molecule has 48 heavy (non-hydrogen) atoms. The van der Waals surface area contributed by atoms with Crippen LogP contribution in [0.2, 0.25) is 0 Å². The summed E-state index contributed by atoms with van der Waals surface area (Å²) in [6.45, 7) is 0. The van der Waals surface area contributed by atoms with E-state index in [9.17, 15) is 10.2 Å². The average molecular weight is 655 g/mol. The van der Waals surface area contributed by atoms with Crippen molar-refractivity contribution < 1.29 is 10.2 Å². The summed E-state index contributed by atoms with van der Waals surface area (Å²) in [4.78, 5) is 0. The summed E-state index contributed by atoms with van der Waals surface area (Å²) in [7, 11) is -2.24. The first kappa shape index (κ1) is 30.1. The quantitative estimate of drug-likeness (QED) is 0.169. The van der Waals surface area contributed by atoms with Gasteiger partial charge in [-0.25, -0.2) is 0 Å². The first-order valence-electron chi connectivity index (χ1n) is 16.0. The van der Waals surface area contributed by atoms with E-state index >= 15 is 0 Å². The second-order valence-corrected chi connectivity index (χ2v) is 16.1. The number of hydrogen-bond donors (Lipinski definition) is 2. The Balaban J connectivity index is 1.47. The molecule has 0 unspecified atom stereocenters. The van der Waals surface area contributed by atoms with E-state index in [0.29, 0.717) is 11.1 Å². The zero-order valence-corrected chi connectivity index (χ0v) is 27.9. The van der Waals surface area contributed by atoms with Crippen LogP contribution < -0.4 is 31.8 Å². The molecule has 0 fully saturated rings. The first-order valence-corrected chi connectivity index (χ1v) is 18.7. The highest BCUT2D eigenvalue weighted by Gasteiger charge is 2.29. The molecule has 0 saturated carbocycles. The molecule has 0 aliphatic heterocycles. The lowest BCUT2D eigenvalue weighted by atomic mass is 9.92. The molecule has 0 aromatic heterocycles. The summed E-state index contributed by atoms with van der Waals surface area (Å²) in [5, 5.41) is 35.5. The largest absolute Gasteiger partial charge is 0.507 e. The summed E-state index contributed by atoms with van der Waals surface area (Å²) < 4.78 is 0. The second-order valence-electron chi connectivity index (χ2n) is 11.7. The van der Waals surface area contributed by atoms with Crippen LogP contribution >= 0.6 is 15.8 Å². The minimum Gasteiger partial charge on any atom is -0.507 e. The van der Waals surface area contributed by atoms with Crippen LogP contribution in [0.4, 0.5) is 0 Å². The molecule has 0 aliphatic rings. The van der Waals surface area contributed by atoms with Crippen molar-refractivity contribution in [2.75, 3.05) is 0 Å². The molecule has 0 spiro atoms. The van der Waals surface area contributed by atoms with Crippen LogP contribution in [0.1, 0.15) is 0 Å². The molecule has 0 heterocycles. The molecule has 4 heteroatoms. The number of phenolic OH excluding ortho intramolecular Hbond substituents is 2. The van der Waals surface area contributed by atoms with Gasteiger partial charge in [0, 0.05) is 21.7 Å². The van der Waals surface area contributed by atoms with Crippen LogP contribution in [-0.4, -0.2) is 10.2 Å². The molecule has 0 aliphatic carbocycles. The van der Waals surface area contributed by atoms with E-state index in [0.717, 1.165) is 53.4 Å². The molecule has 8 aromatic rings. The Hall–Kier alpha value is -5.26. The van der Waals surface area contributed by atoms with Crippen molar-refractivity contribution in [1.29, 1.82) is 0 Å². The number of aromatic hydroxyl groups is 2. The number of rotatable bonds is 7. The van der Waals surface area contributed by atoms with Gasteiger partial charge in [0.05, 0.1) is 0 Å². The first-order chi connectivity index (χ1) is 23.7. The van der Waals surface area contributed by atoms with Gasteiger partial charge in [-0.3, -0.25) is 0 Å². The van der Waals surface area contributed by atoms with E-state index in [-0.39, 0.29) is 11.5 Å². The normalized spacial score (nSPS) is 11.5. The number of hydrogen-bond acceptors (Lipinski definition) is 2. The molecule has 2 nitrogen and oxygen atoms in total. The summed E-state index contributed by atoms with van der Waals surface area (Å²) in [6, 6.07) is 62.5. The average Bonchev–Trinajstić information content (AvgIpc) is 3.15. The molecular weight excluding hydrogens is 622 g/mol. The maximum Gasteiger partial charge on any atom is 0.132 e. The Morgan fingerprint density at radius 2 is 0.583 bits per heavy atom. The summed E-state index contributed by atoms with van der Waals surface area (Å²) in [5.74, 6) is 0.405. The fourth-order valence-electron chi connectivity index (χ4n) is 6.65. The van der Waals surface area contributed by atoms with Gasteiger partial charge in [0.2, 0.25) is 0 Å². The summed E-state index contributed by atoms with van der Waals surface area (Å²) in [5.41, 5.74) is 1.32. The van der Waals surface area contributed by atoms with Gasteiger partial charge in [-0.15, -0.1) is 0 Å². The summed E-state index contributed by atoms with van der Waals surface area (Å²) >= 11 is 0. The monoisotopic (exact) mass is 654 g/mol.